The standard InChI is InChI=1S/C24H20ClNO4/c25-24-14-20(10-11-26-24)30-19-6-9-23-17(13-19)12-18(15-29-23)22(28)8-7-21(27)16-4-2-1-3-5-16/h1-6,9-11,13-14,18H,7-8,12,15H2. The molecule has 1 aliphatic rings. The summed E-state index contributed by atoms with van der Waals surface area (Å²) in [5.74, 6) is 1.71. The van der Waals surface area contributed by atoms with Gasteiger partial charge in [-0.05, 0) is 36.2 Å². The lowest BCUT2D eigenvalue weighted by molar-refractivity contribution is -0.124. The minimum absolute atomic E-state index is 0.0206. The van der Waals surface area contributed by atoms with Gasteiger partial charge in [-0.15, -0.1) is 0 Å². The molecule has 0 radical (unpaired) electrons. The highest BCUT2D eigenvalue weighted by molar-refractivity contribution is 6.29. The topological polar surface area (TPSA) is 65.5 Å². The predicted octanol–water partition coefficient (Wildman–Crippen LogP) is 5.31. The van der Waals surface area contributed by atoms with Crippen molar-refractivity contribution < 1.29 is 19.1 Å². The number of carbonyl (C=O) groups excluding carboxylic acids is 2. The molecule has 2 aromatic carbocycles. The highest BCUT2D eigenvalue weighted by atomic mass is 35.5. The van der Waals surface area contributed by atoms with Crippen molar-refractivity contribution in [3.63, 3.8) is 0 Å². The van der Waals surface area contributed by atoms with Gasteiger partial charge in [0, 0.05) is 30.7 Å². The Balaban J connectivity index is 1.38. The summed E-state index contributed by atoms with van der Waals surface area (Å²) >= 11 is 5.90. The Morgan fingerprint density at radius 1 is 1.03 bits per heavy atom. The zero-order chi connectivity index (χ0) is 20.9. The summed E-state index contributed by atoms with van der Waals surface area (Å²) in [6.07, 6.45) is 2.55. The fourth-order valence-electron chi connectivity index (χ4n) is 3.43. The fraction of sp³-hybridized carbons (Fsp3) is 0.208. The molecule has 4 rings (SSSR count). The van der Waals surface area contributed by atoms with Crippen LogP contribution in [0, 0.1) is 5.92 Å². The molecule has 2 heterocycles. The predicted molar refractivity (Wildman–Crippen MR) is 113 cm³/mol. The molecular weight excluding hydrogens is 402 g/mol. The molecule has 1 aromatic heterocycles. The number of halogens is 1. The van der Waals surface area contributed by atoms with Crippen molar-refractivity contribution in [1.29, 1.82) is 0 Å². The maximum absolute atomic E-state index is 12.7. The van der Waals surface area contributed by atoms with E-state index in [1.165, 1.54) is 0 Å². The third-order valence-electron chi connectivity index (χ3n) is 5.02. The molecule has 0 spiro atoms. The van der Waals surface area contributed by atoms with Gasteiger partial charge in [-0.2, -0.15) is 0 Å². The van der Waals surface area contributed by atoms with E-state index in [2.05, 4.69) is 4.98 Å². The Kier molecular flexibility index (Phi) is 6.10. The van der Waals surface area contributed by atoms with Crippen LogP contribution in [0.5, 0.6) is 17.2 Å². The van der Waals surface area contributed by atoms with Gasteiger partial charge < -0.3 is 9.47 Å². The van der Waals surface area contributed by atoms with Crippen LogP contribution in [-0.2, 0) is 11.2 Å². The number of hydrogen-bond acceptors (Lipinski definition) is 5. The third-order valence-corrected chi connectivity index (χ3v) is 5.23. The van der Waals surface area contributed by atoms with Gasteiger partial charge in [-0.3, -0.25) is 9.59 Å². The van der Waals surface area contributed by atoms with Crippen molar-refractivity contribution >= 4 is 23.2 Å². The van der Waals surface area contributed by atoms with Gasteiger partial charge in [0.05, 0.1) is 12.5 Å². The SMILES string of the molecule is O=C(CCC(=O)C1COc2ccc(Oc3ccnc(Cl)c3)cc2C1)c1ccccc1. The van der Waals surface area contributed by atoms with Gasteiger partial charge in [0.2, 0.25) is 0 Å². The number of rotatable bonds is 7. The number of carbonyl (C=O) groups is 2. The first kappa shape index (κ1) is 20.1. The van der Waals surface area contributed by atoms with Crippen molar-refractivity contribution in [2.45, 2.75) is 19.3 Å². The van der Waals surface area contributed by atoms with Crippen LogP contribution in [0.1, 0.15) is 28.8 Å². The number of aromatic nitrogens is 1. The Morgan fingerprint density at radius 3 is 2.63 bits per heavy atom. The first-order valence-electron chi connectivity index (χ1n) is 9.74. The smallest absolute Gasteiger partial charge is 0.163 e. The van der Waals surface area contributed by atoms with Crippen LogP contribution in [0.2, 0.25) is 5.15 Å². The summed E-state index contributed by atoms with van der Waals surface area (Å²) in [5, 5.41) is 0.351. The number of ether oxygens (including phenoxy) is 2. The summed E-state index contributed by atoms with van der Waals surface area (Å²) in [6.45, 7) is 0.325. The number of Topliss-reactive ketones (excluding diaryl/α,β-unsaturated/α-hetero) is 2. The van der Waals surface area contributed by atoms with Gasteiger partial charge >= 0.3 is 0 Å². The molecule has 30 heavy (non-hydrogen) atoms. The minimum Gasteiger partial charge on any atom is -0.493 e. The van der Waals surface area contributed by atoms with Crippen molar-refractivity contribution in [3.05, 3.63) is 83.1 Å². The van der Waals surface area contributed by atoms with E-state index in [9.17, 15) is 9.59 Å². The largest absolute Gasteiger partial charge is 0.493 e. The first-order chi connectivity index (χ1) is 14.6. The third kappa shape index (κ3) is 4.86. The minimum atomic E-state index is -0.272. The monoisotopic (exact) mass is 421 g/mol. The lowest BCUT2D eigenvalue weighted by atomic mass is 9.90. The Bertz CT molecular complexity index is 1070. The summed E-state index contributed by atoms with van der Waals surface area (Å²) in [5.41, 5.74) is 1.54. The first-order valence-corrected chi connectivity index (χ1v) is 10.1. The van der Waals surface area contributed by atoms with Crippen molar-refractivity contribution in [1.82, 2.24) is 4.98 Å². The second-order valence-corrected chi connectivity index (χ2v) is 7.54. The Hall–Kier alpha value is -3.18. The van der Waals surface area contributed by atoms with Gasteiger partial charge in [-0.1, -0.05) is 41.9 Å². The van der Waals surface area contributed by atoms with E-state index in [0.29, 0.717) is 35.2 Å². The number of benzene rings is 2. The normalized spacial score (nSPS) is 15.0. The Labute approximate surface area is 179 Å². The van der Waals surface area contributed by atoms with Crippen LogP contribution < -0.4 is 9.47 Å². The number of hydrogen-bond donors (Lipinski definition) is 0. The van der Waals surface area contributed by atoms with Crippen LogP contribution in [0.15, 0.2) is 66.9 Å². The molecule has 0 amide bonds. The lowest BCUT2D eigenvalue weighted by Crippen LogP contribution is -2.28. The van der Waals surface area contributed by atoms with E-state index in [1.54, 1.807) is 30.5 Å². The van der Waals surface area contributed by atoms with Crippen molar-refractivity contribution in [2.75, 3.05) is 6.61 Å². The van der Waals surface area contributed by atoms with Crippen molar-refractivity contribution in [2.24, 2.45) is 5.92 Å². The molecule has 1 atom stereocenters. The highest BCUT2D eigenvalue weighted by Gasteiger charge is 2.26. The molecule has 0 fully saturated rings. The van der Waals surface area contributed by atoms with E-state index < -0.39 is 0 Å². The molecule has 0 saturated heterocycles. The fourth-order valence-corrected chi connectivity index (χ4v) is 3.60. The molecule has 0 saturated carbocycles. The van der Waals surface area contributed by atoms with Gasteiger partial charge in [0.25, 0.3) is 0 Å². The summed E-state index contributed by atoms with van der Waals surface area (Å²) in [7, 11) is 0. The average molecular weight is 422 g/mol. The molecule has 3 aromatic rings. The van der Waals surface area contributed by atoms with Crippen LogP contribution in [-0.4, -0.2) is 23.2 Å². The van der Waals surface area contributed by atoms with Gasteiger partial charge in [0.15, 0.2) is 5.78 Å². The zero-order valence-electron chi connectivity index (χ0n) is 16.2. The molecular formula is C24H20ClNO4. The van der Waals surface area contributed by atoms with Crippen LogP contribution in [0.25, 0.3) is 0 Å². The molecule has 0 bridgehead atoms. The van der Waals surface area contributed by atoms with Gasteiger partial charge in [0.1, 0.15) is 28.2 Å². The number of pyridine rings is 1. The Morgan fingerprint density at radius 2 is 1.83 bits per heavy atom. The lowest BCUT2D eigenvalue weighted by Gasteiger charge is -2.25. The highest BCUT2D eigenvalue weighted by Crippen LogP contribution is 2.33. The molecule has 152 valence electrons. The zero-order valence-corrected chi connectivity index (χ0v) is 17.0. The maximum atomic E-state index is 12.7. The second kappa shape index (κ2) is 9.09. The molecule has 0 aliphatic carbocycles. The van der Waals surface area contributed by atoms with E-state index >= 15 is 0 Å². The molecule has 6 heteroatoms. The van der Waals surface area contributed by atoms with Gasteiger partial charge in [-0.25, -0.2) is 4.98 Å². The summed E-state index contributed by atoms with van der Waals surface area (Å²) < 4.78 is 11.6. The van der Waals surface area contributed by atoms with Crippen LogP contribution >= 0.6 is 11.6 Å². The van der Waals surface area contributed by atoms with E-state index in [-0.39, 0.29) is 30.3 Å². The maximum Gasteiger partial charge on any atom is 0.163 e. The summed E-state index contributed by atoms with van der Waals surface area (Å²) in [6, 6.07) is 17.9. The van der Waals surface area contributed by atoms with Crippen LogP contribution in [0.3, 0.4) is 0 Å². The number of nitrogens with zero attached hydrogens (tertiary/aromatic N) is 1. The number of ketones is 2. The van der Waals surface area contributed by atoms with E-state index in [4.69, 9.17) is 21.1 Å². The average Bonchev–Trinajstić information content (AvgIpc) is 2.77. The van der Waals surface area contributed by atoms with Crippen molar-refractivity contribution in [3.8, 4) is 17.2 Å². The molecule has 5 nitrogen and oxygen atoms in total. The quantitative estimate of drug-likeness (QED) is 0.382. The summed E-state index contributed by atoms with van der Waals surface area (Å²) in [4.78, 5) is 28.9. The second-order valence-electron chi connectivity index (χ2n) is 7.15. The molecule has 0 N–H and O–H groups in total. The van der Waals surface area contributed by atoms with E-state index in [0.717, 1.165) is 11.3 Å². The molecule has 1 aliphatic heterocycles. The molecule has 1 unspecified atom stereocenters. The van der Waals surface area contributed by atoms with Crippen LogP contribution in [0.4, 0.5) is 0 Å². The number of fused-ring (bicyclic) bond motifs is 1. The van der Waals surface area contributed by atoms with E-state index in [1.807, 2.05) is 36.4 Å².